The zero-order valence-electron chi connectivity index (χ0n) is 9.35. The Morgan fingerprint density at radius 1 is 1.53 bits per heavy atom. The van der Waals surface area contributed by atoms with Crippen LogP contribution in [-0.4, -0.2) is 21.7 Å². The molecule has 1 aromatic rings. The molecule has 0 saturated carbocycles. The fourth-order valence-corrected chi connectivity index (χ4v) is 1.81. The van der Waals surface area contributed by atoms with Crippen molar-refractivity contribution in [2.24, 2.45) is 7.05 Å². The molecule has 0 bridgehead atoms. The lowest BCUT2D eigenvalue weighted by molar-refractivity contribution is 0.563. The summed E-state index contributed by atoms with van der Waals surface area (Å²) in [4.78, 5) is 0. The summed E-state index contributed by atoms with van der Waals surface area (Å²) in [6, 6.07) is 0.280. The van der Waals surface area contributed by atoms with E-state index < -0.39 is 0 Å². The van der Waals surface area contributed by atoms with Crippen LogP contribution in [0.1, 0.15) is 25.2 Å². The molecule has 86 valence electrons. The maximum atomic E-state index is 6.20. The molecule has 0 aliphatic rings. The molecule has 1 atom stereocenters. The van der Waals surface area contributed by atoms with Crippen molar-refractivity contribution in [1.82, 2.24) is 15.1 Å². The van der Waals surface area contributed by atoms with Crippen molar-refractivity contribution in [1.29, 1.82) is 0 Å². The Morgan fingerprint density at radius 3 is 2.67 bits per heavy atom. The monoisotopic (exact) mass is 249 g/mol. The number of aromatic nitrogens is 2. The van der Waals surface area contributed by atoms with Crippen LogP contribution < -0.4 is 5.32 Å². The summed E-state index contributed by atoms with van der Waals surface area (Å²) in [5.41, 5.74) is 1.97. The van der Waals surface area contributed by atoms with E-state index in [2.05, 4.69) is 10.4 Å². The smallest absolute Gasteiger partial charge is 0.0863 e. The second kappa shape index (κ2) is 5.73. The van der Waals surface area contributed by atoms with Gasteiger partial charge < -0.3 is 5.32 Å². The van der Waals surface area contributed by atoms with Crippen molar-refractivity contribution >= 4 is 23.2 Å². The van der Waals surface area contributed by atoms with E-state index in [0.717, 1.165) is 22.8 Å². The SMILES string of the molecule is CCc1nn(C)c(CNC(C)CCl)c1Cl. The number of nitrogens with zero attached hydrogens (tertiary/aromatic N) is 2. The molecule has 0 spiro atoms. The molecular weight excluding hydrogens is 233 g/mol. The van der Waals surface area contributed by atoms with Gasteiger partial charge in [-0.05, 0) is 13.3 Å². The third kappa shape index (κ3) is 3.10. The number of aryl methyl sites for hydroxylation is 2. The summed E-state index contributed by atoms with van der Waals surface area (Å²) < 4.78 is 1.83. The topological polar surface area (TPSA) is 29.9 Å². The quantitative estimate of drug-likeness (QED) is 0.813. The van der Waals surface area contributed by atoms with E-state index in [1.807, 2.05) is 25.6 Å². The fraction of sp³-hybridized carbons (Fsp3) is 0.700. The van der Waals surface area contributed by atoms with Crippen LogP contribution in [-0.2, 0) is 20.0 Å². The minimum absolute atomic E-state index is 0.280. The summed E-state index contributed by atoms with van der Waals surface area (Å²) >= 11 is 11.9. The van der Waals surface area contributed by atoms with Gasteiger partial charge in [-0.3, -0.25) is 4.68 Å². The van der Waals surface area contributed by atoms with Crippen LogP contribution in [0.25, 0.3) is 0 Å². The van der Waals surface area contributed by atoms with E-state index in [1.165, 1.54) is 0 Å². The molecule has 0 aliphatic heterocycles. The van der Waals surface area contributed by atoms with E-state index >= 15 is 0 Å². The average molecular weight is 250 g/mol. The summed E-state index contributed by atoms with van der Waals surface area (Å²) in [6.07, 6.45) is 0.859. The van der Waals surface area contributed by atoms with E-state index in [-0.39, 0.29) is 6.04 Å². The number of alkyl halides is 1. The largest absolute Gasteiger partial charge is 0.307 e. The first kappa shape index (κ1) is 12.8. The number of nitrogens with one attached hydrogen (secondary N) is 1. The van der Waals surface area contributed by atoms with Crippen molar-refractivity contribution in [3.05, 3.63) is 16.4 Å². The van der Waals surface area contributed by atoms with Crippen molar-refractivity contribution in [2.75, 3.05) is 5.88 Å². The van der Waals surface area contributed by atoms with Crippen LogP contribution in [0.4, 0.5) is 0 Å². The van der Waals surface area contributed by atoms with E-state index in [1.54, 1.807) is 0 Å². The summed E-state index contributed by atoms with van der Waals surface area (Å²) in [5.74, 6) is 0.593. The van der Waals surface area contributed by atoms with Crippen molar-refractivity contribution < 1.29 is 0 Å². The molecule has 3 nitrogen and oxygen atoms in total. The van der Waals surface area contributed by atoms with Crippen LogP contribution in [0.15, 0.2) is 0 Å². The molecular formula is C10H17Cl2N3. The first-order valence-electron chi connectivity index (χ1n) is 5.09. The highest BCUT2D eigenvalue weighted by Crippen LogP contribution is 2.20. The highest BCUT2D eigenvalue weighted by Gasteiger charge is 2.12. The lowest BCUT2D eigenvalue weighted by Gasteiger charge is -2.10. The van der Waals surface area contributed by atoms with Crippen molar-refractivity contribution in [3.63, 3.8) is 0 Å². The number of rotatable bonds is 5. The molecule has 1 unspecified atom stereocenters. The molecule has 1 rings (SSSR count). The summed E-state index contributed by atoms with van der Waals surface area (Å²) in [6.45, 7) is 4.79. The number of halogens is 2. The van der Waals surface area contributed by atoms with Crippen LogP contribution in [0, 0.1) is 0 Å². The van der Waals surface area contributed by atoms with Gasteiger partial charge in [0.15, 0.2) is 0 Å². The minimum atomic E-state index is 0.280. The lowest BCUT2D eigenvalue weighted by atomic mass is 10.3. The van der Waals surface area contributed by atoms with Gasteiger partial charge in [-0.15, -0.1) is 11.6 Å². The average Bonchev–Trinajstić information content (AvgIpc) is 2.51. The lowest BCUT2D eigenvalue weighted by Crippen LogP contribution is -2.27. The van der Waals surface area contributed by atoms with Gasteiger partial charge >= 0.3 is 0 Å². The first-order chi connectivity index (χ1) is 7.10. The maximum absolute atomic E-state index is 6.20. The normalized spacial score (nSPS) is 13.1. The highest BCUT2D eigenvalue weighted by atomic mass is 35.5. The van der Waals surface area contributed by atoms with Gasteiger partial charge in [0.05, 0.1) is 16.4 Å². The van der Waals surface area contributed by atoms with Gasteiger partial charge in [0.25, 0.3) is 0 Å². The van der Waals surface area contributed by atoms with Gasteiger partial charge in [-0.25, -0.2) is 0 Å². The third-order valence-corrected chi connectivity index (χ3v) is 3.25. The molecule has 1 aromatic heterocycles. The highest BCUT2D eigenvalue weighted by molar-refractivity contribution is 6.31. The van der Waals surface area contributed by atoms with Crippen LogP contribution in [0.2, 0.25) is 5.02 Å². The Hall–Kier alpha value is -0.250. The Balaban J connectivity index is 2.72. The fourth-order valence-electron chi connectivity index (χ4n) is 1.34. The molecule has 0 aliphatic carbocycles. The van der Waals surface area contributed by atoms with E-state index in [9.17, 15) is 0 Å². The van der Waals surface area contributed by atoms with Gasteiger partial charge in [0.1, 0.15) is 0 Å². The zero-order valence-corrected chi connectivity index (χ0v) is 10.9. The molecule has 0 amide bonds. The van der Waals surface area contributed by atoms with Gasteiger partial charge in [0.2, 0.25) is 0 Å². The maximum Gasteiger partial charge on any atom is 0.0863 e. The number of hydrogen-bond acceptors (Lipinski definition) is 2. The second-order valence-electron chi connectivity index (χ2n) is 3.62. The third-order valence-electron chi connectivity index (χ3n) is 2.35. The first-order valence-corrected chi connectivity index (χ1v) is 6.01. The standard InChI is InChI=1S/C10H17Cl2N3/c1-4-8-10(12)9(15(3)14-8)6-13-7(2)5-11/h7,13H,4-6H2,1-3H3. The minimum Gasteiger partial charge on any atom is -0.307 e. The Labute approximate surface area is 101 Å². The summed E-state index contributed by atoms with van der Waals surface area (Å²) in [5, 5.41) is 8.41. The summed E-state index contributed by atoms with van der Waals surface area (Å²) in [7, 11) is 1.91. The predicted molar refractivity (Wildman–Crippen MR) is 64.6 cm³/mol. The van der Waals surface area contributed by atoms with Crippen molar-refractivity contribution in [3.8, 4) is 0 Å². The Morgan fingerprint density at radius 2 is 2.20 bits per heavy atom. The molecule has 0 aromatic carbocycles. The molecule has 15 heavy (non-hydrogen) atoms. The van der Waals surface area contributed by atoms with Crippen LogP contribution in [0.5, 0.6) is 0 Å². The molecule has 0 radical (unpaired) electrons. The zero-order chi connectivity index (χ0) is 11.4. The van der Waals surface area contributed by atoms with Gasteiger partial charge in [-0.1, -0.05) is 18.5 Å². The molecule has 1 N–H and O–H groups in total. The molecule has 5 heteroatoms. The molecule has 0 fully saturated rings. The Kier molecular flexibility index (Phi) is 4.90. The Bertz CT molecular complexity index is 323. The predicted octanol–water partition coefficient (Wildman–Crippen LogP) is 2.35. The van der Waals surface area contributed by atoms with Crippen molar-refractivity contribution in [2.45, 2.75) is 32.9 Å². The molecule has 1 heterocycles. The number of hydrogen-bond donors (Lipinski definition) is 1. The molecule has 0 saturated heterocycles. The van der Waals surface area contributed by atoms with E-state index in [4.69, 9.17) is 23.2 Å². The van der Waals surface area contributed by atoms with E-state index in [0.29, 0.717) is 12.4 Å². The van der Waals surface area contributed by atoms with Gasteiger partial charge in [-0.2, -0.15) is 5.10 Å². The second-order valence-corrected chi connectivity index (χ2v) is 4.31. The van der Waals surface area contributed by atoms with Crippen LogP contribution in [0.3, 0.4) is 0 Å². The van der Waals surface area contributed by atoms with Crippen LogP contribution >= 0.6 is 23.2 Å². The van der Waals surface area contributed by atoms with Gasteiger partial charge in [0, 0.05) is 25.5 Å².